The lowest BCUT2D eigenvalue weighted by molar-refractivity contribution is -0.424. The van der Waals surface area contributed by atoms with Crippen LogP contribution < -0.4 is 9.80 Å². The molecule has 0 amide bonds. The van der Waals surface area contributed by atoms with Gasteiger partial charge in [0.2, 0.25) is 0 Å². The van der Waals surface area contributed by atoms with E-state index in [1.54, 1.807) is 42.5 Å². The molecule has 0 fully saturated rings. The number of ether oxygens (including phenoxy) is 1. The lowest BCUT2D eigenvalue weighted by Gasteiger charge is -2.42. The minimum absolute atomic E-state index is 0.00870. The summed E-state index contributed by atoms with van der Waals surface area (Å²) < 4.78 is 5.78. The van der Waals surface area contributed by atoms with Gasteiger partial charge in [-0.2, -0.15) is 9.95 Å². The first-order valence-electron chi connectivity index (χ1n) is 7.64. The highest BCUT2D eigenvalue weighted by atomic mass is 35.5. The number of nitrogens with zero attached hydrogens (tertiary/aromatic N) is 1. The van der Waals surface area contributed by atoms with Crippen molar-refractivity contribution in [2.75, 3.05) is 11.7 Å². The van der Waals surface area contributed by atoms with Gasteiger partial charge >= 0.3 is 0 Å². The van der Waals surface area contributed by atoms with Crippen molar-refractivity contribution in [2.24, 2.45) is 0 Å². The summed E-state index contributed by atoms with van der Waals surface area (Å²) in [6, 6.07) is 13.9. The molecule has 3 rings (SSSR count). The lowest BCUT2D eigenvalue weighted by atomic mass is 10.0. The number of benzene rings is 2. The van der Waals surface area contributed by atoms with Crippen LogP contribution in [-0.4, -0.2) is 12.2 Å². The molecule has 0 bridgehead atoms. The summed E-state index contributed by atoms with van der Waals surface area (Å²) in [7, 11) is 0. The SMILES string of the molecule is CC(C)(C)OOC1(c2ccc(Cl)cc2)COc2ccccc2N1[O]. The van der Waals surface area contributed by atoms with E-state index in [0.29, 0.717) is 22.0 Å². The smallest absolute Gasteiger partial charge is 0.260 e. The molecular weight excluding hydrogens is 330 g/mol. The Hall–Kier alpha value is -1.79. The second kappa shape index (κ2) is 6.26. The molecule has 1 aliphatic heterocycles. The first-order valence-corrected chi connectivity index (χ1v) is 8.02. The van der Waals surface area contributed by atoms with Crippen molar-refractivity contribution in [1.82, 2.24) is 0 Å². The van der Waals surface area contributed by atoms with Crippen LogP contribution in [0, 0.1) is 0 Å². The highest BCUT2D eigenvalue weighted by Gasteiger charge is 2.48. The van der Waals surface area contributed by atoms with Crippen LogP contribution in [0.2, 0.25) is 5.02 Å². The molecule has 1 heterocycles. The summed E-state index contributed by atoms with van der Waals surface area (Å²) in [6.07, 6.45) is 0. The van der Waals surface area contributed by atoms with Gasteiger partial charge in [0.1, 0.15) is 18.0 Å². The maximum Gasteiger partial charge on any atom is 0.260 e. The van der Waals surface area contributed by atoms with Crippen LogP contribution >= 0.6 is 11.6 Å². The quantitative estimate of drug-likeness (QED) is 0.606. The van der Waals surface area contributed by atoms with Crippen molar-refractivity contribution in [1.29, 1.82) is 0 Å². The number of fused-ring (bicyclic) bond motifs is 1. The van der Waals surface area contributed by atoms with Crippen LogP contribution in [0.25, 0.3) is 0 Å². The van der Waals surface area contributed by atoms with Crippen molar-refractivity contribution >= 4 is 17.3 Å². The molecule has 5 nitrogen and oxygen atoms in total. The number of rotatable bonds is 3. The van der Waals surface area contributed by atoms with Gasteiger partial charge in [0.05, 0.1) is 5.60 Å². The van der Waals surface area contributed by atoms with Crippen molar-refractivity contribution in [2.45, 2.75) is 32.1 Å². The van der Waals surface area contributed by atoms with Gasteiger partial charge in [0.25, 0.3) is 5.72 Å². The maximum atomic E-state index is 13.1. The van der Waals surface area contributed by atoms with E-state index in [1.807, 2.05) is 26.8 Å². The van der Waals surface area contributed by atoms with Crippen molar-refractivity contribution < 1.29 is 19.7 Å². The molecule has 127 valence electrons. The summed E-state index contributed by atoms with van der Waals surface area (Å²) in [6.45, 7) is 5.52. The first kappa shape index (κ1) is 17.0. The van der Waals surface area contributed by atoms with Crippen LogP contribution in [-0.2, 0) is 20.7 Å². The molecule has 1 radical (unpaired) electrons. The second-order valence-electron chi connectivity index (χ2n) is 6.62. The van der Waals surface area contributed by atoms with E-state index in [0.717, 1.165) is 5.06 Å². The summed E-state index contributed by atoms with van der Waals surface area (Å²) in [5.41, 5.74) is -1.06. The molecule has 2 aromatic rings. The zero-order valence-corrected chi connectivity index (χ0v) is 14.5. The molecule has 0 saturated carbocycles. The zero-order valence-electron chi connectivity index (χ0n) is 13.8. The van der Waals surface area contributed by atoms with Gasteiger partial charge in [-0.15, -0.1) is 0 Å². The predicted octanol–water partition coefficient (Wildman–Crippen LogP) is 4.48. The average Bonchev–Trinajstić information content (AvgIpc) is 2.55. The fraction of sp³-hybridized carbons (Fsp3) is 0.333. The minimum atomic E-state index is -1.45. The Balaban J connectivity index is 2.04. The number of hydroxylamine groups is 1. The number of para-hydroxylation sites is 2. The first-order chi connectivity index (χ1) is 11.3. The highest BCUT2D eigenvalue weighted by Crippen LogP contribution is 2.43. The fourth-order valence-corrected chi connectivity index (χ4v) is 2.51. The summed E-state index contributed by atoms with van der Waals surface area (Å²) in [5.74, 6) is 0.511. The molecule has 0 saturated heterocycles. The van der Waals surface area contributed by atoms with Gasteiger partial charge in [-0.1, -0.05) is 41.1 Å². The maximum absolute atomic E-state index is 13.1. The molecule has 0 aliphatic carbocycles. The number of hydrogen-bond donors (Lipinski definition) is 0. The number of anilines is 1. The van der Waals surface area contributed by atoms with Gasteiger partial charge in [0.15, 0.2) is 0 Å². The monoisotopic (exact) mass is 348 g/mol. The molecule has 0 spiro atoms. The van der Waals surface area contributed by atoms with Gasteiger partial charge in [-0.05, 0) is 45.0 Å². The van der Waals surface area contributed by atoms with Crippen molar-refractivity contribution in [3.63, 3.8) is 0 Å². The van der Waals surface area contributed by atoms with Crippen LogP contribution in [0.15, 0.2) is 48.5 Å². The zero-order chi connectivity index (χ0) is 17.4. The van der Waals surface area contributed by atoms with E-state index in [1.165, 1.54) is 0 Å². The van der Waals surface area contributed by atoms with Crippen LogP contribution in [0.1, 0.15) is 26.3 Å². The third-order valence-corrected chi connectivity index (χ3v) is 3.81. The Morgan fingerprint density at radius 2 is 1.79 bits per heavy atom. The van der Waals surface area contributed by atoms with E-state index in [-0.39, 0.29) is 6.61 Å². The largest absolute Gasteiger partial charge is 0.486 e. The molecule has 0 N–H and O–H groups in total. The molecule has 6 heteroatoms. The van der Waals surface area contributed by atoms with Gasteiger partial charge < -0.3 is 4.74 Å². The minimum Gasteiger partial charge on any atom is -0.486 e. The molecule has 1 aliphatic rings. The van der Waals surface area contributed by atoms with E-state index in [9.17, 15) is 5.21 Å². The molecule has 1 atom stereocenters. The normalized spacial score (nSPS) is 20.5. The Labute approximate surface area is 146 Å². The molecular formula is C18H19ClNO4. The topological polar surface area (TPSA) is 50.8 Å². The van der Waals surface area contributed by atoms with Crippen LogP contribution in [0.4, 0.5) is 5.69 Å². The molecule has 2 aromatic carbocycles. The van der Waals surface area contributed by atoms with E-state index in [4.69, 9.17) is 26.1 Å². The number of halogens is 1. The van der Waals surface area contributed by atoms with Crippen molar-refractivity contribution in [3.05, 3.63) is 59.1 Å². The molecule has 0 aromatic heterocycles. The highest BCUT2D eigenvalue weighted by molar-refractivity contribution is 6.30. The van der Waals surface area contributed by atoms with E-state index >= 15 is 0 Å². The summed E-state index contributed by atoms with van der Waals surface area (Å²) in [5, 5.41) is 14.5. The van der Waals surface area contributed by atoms with Gasteiger partial charge in [-0.3, -0.25) is 0 Å². The van der Waals surface area contributed by atoms with Crippen LogP contribution in [0.3, 0.4) is 0 Å². The van der Waals surface area contributed by atoms with Gasteiger partial charge in [-0.25, -0.2) is 4.89 Å². The van der Waals surface area contributed by atoms with Crippen LogP contribution in [0.5, 0.6) is 5.75 Å². The predicted molar refractivity (Wildman–Crippen MR) is 90.2 cm³/mol. The van der Waals surface area contributed by atoms with E-state index in [2.05, 4.69) is 0 Å². The Morgan fingerprint density at radius 1 is 1.12 bits per heavy atom. The Bertz CT molecular complexity index is 714. The number of hydrogen-bond acceptors (Lipinski definition) is 4. The lowest BCUT2D eigenvalue weighted by Crippen LogP contribution is -2.53. The molecule has 24 heavy (non-hydrogen) atoms. The molecule has 1 unspecified atom stereocenters. The van der Waals surface area contributed by atoms with Crippen molar-refractivity contribution in [3.8, 4) is 5.75 Å². The Kier molecular flexibility index (Phi) is 4.44. The third kappa shape index (κ3) is 3.21. The van der Waals surface area contributed by atoms with Gasteiger partial charge in [0, 0.05) is 10.6 Å². The standard InChI is InChI=1S/C18H19ClNO4/c1-17(2,3)23-24-18(13-8-10-14(19)11-9-13)12-22-16-7-5-4-6-15(16)20(18)21/h4-11H,12H2,1-3H3. The summed E-state index contributed by atoms with van der Waals surface area (Å²) >= 11 is 5.97. The third-order valence-electron chi connectivity index (χ3n) is 3.56. The summed E-state index contributed by atoms with van der Waals surface area (Å²) in [4.78, 5) is 11.2. The Morgan fingerprint density at radius 3 is 2.46 bits per heavy atom. The average molecular weight is 349 g/mol. The fourth-order valence-electron chi connectivity index (χ4n) is 2.39. The van der Waals surface area contributed by atoms with E-state index < -0.39 is 11.3 Å². The second-order valence-corrected chi connectivity index (χ2v) is 7.06.